The van der Waals surface area contributed by atoms with Gasteiger partial charge in [0.1, 0.15) is 11.3 Å². The lowest BCUT2D eigenvalue weighted by atomic mass is 10.1. The van der Waals surface area contributed by atoms with Crippen molar-refractivity contribution in [1.82, 2.24) is 4.90 Å². The summed E-state index contributed by atoms with van der Waals surface area (Å²) in [4.78, 5) is 14.3. The molecule has 1 heterocycles. The van der Waals surface area contributed by atoms with Crippen molar-refractivity contribution in [1.29, 1.82) is 0 Å². The highest BCUT2D eigenvalue weighted by Crippen LogP contribution is 2.27. The van der Waals surface area contributed by atoms with Crippen LogP contribution in [-0.4, -0.2) is 17.9 Å². The summed E-state index contributed by atoms with van der Waals surface area (Å²) in [5.74, 6) is 0.789. The van der Waals surface area contributed by atoms with Crippen molar-refractivity contribution >= 4 is 16.9 Å². The highest BCUT2D eigenvalue weighted by molar-refractivity contribution is 5.94. The second-order valence-electron chi connectivity index (χ2n) is 5.64. The van der Waals surface area contributed by atoms with Crippen LogP contribution >= 0.6 is 0 Å². The summed E-state index contributed by atoms with van der Waals surface area (Å²) >= 11 is 0. The minimum absolute atomic E-state index is 0.00652. The first-order chi connectivity index (χ1) is 10.6. The van der Waals surface area contributed by atoms with Crippen LogP contribution in [0.5, 0.6) is 0 Å². The molecule has 0 spiro atoms. The molecule has 0 aliphatic heterocycles. The first kappa shape index (κ1) is 14.4. The summed E-state index contributed by atoms with van der Waals surface area (Å²) in [5, 5.41) is 1.06. The Morgan fingerprint density at radius 3 is 2.45 bits per heavy atom. The molecule has 1 amide bonds. The molecule has 0 aliphatic rings. The SMILES string of the molecule is Cc1ccc(C(=O)N(C)C(C)c2cc3ccccc3o2)cc1. The van der Waals surface area contributed by atoms with Gasteiger partial charge >= 0.3 is 0 Å². The fraction of sp³-hybridized carbons (Fsp3) is 0.211. The van der Waals surface area contributed by atoms with Crippen LogP contribution in [0.1, 0.15) is 34.6 Å². The summed E-state index contributed by atoms with van der Waals surface area (Å²) in [6.07, 6.45) is 0. The third-order valence-corrected chi connectivity index (χ3v) is 4.06. The van der Waals surface area contributed by atoms with Crippen molar-refractivity contribution in [3.05, 3.63) is 71.5 Å². The van der Waals surface area contributed by atoms with Gasteiger partial charge in [-0.15, -0.1) is 0 Å². The first-order valence-corrected chi connectivity index (χ1v) is 7.38. The van der Waals surface area contributed by atoms with Crippen LogP contribution in [0, 0.1) is 6.92 Å². The topological polar surface area (TPSA) is 33.5 Å². The summed E-state index contributed by atoms with van der Waals surface area (Å²) in [6.45, 7) is 3.98. The zero-order valence-corrected chi connectivity index (χ0v) is 13.0. The van der Waals surface area contributed by atoms with Crippen molar-refractivity contribution in [3.63, 3.8) is 0 Å². The van der Waals surface area contributed by atoms with Crippen LogP contribution in [0.4, 0.5) is 0 Å². The molecular formula is C19H19NO2. The highest BCUT2D eigenvalue weighted by Gasteiger charge is 2.21. The molecule has 3 rings (SSSR count). The van der Waals surface area contributed by atoms with Gasteiger partial charge in [-0.05, 0) is 38.1 Å². The van der Waals surface area contributed by atoms with Crippen LogP contribution in [0.25, 0.3) is 11.0 Å². The summed E-state index contributed by atoms with van der Waals surface area (Å²) < 4.78 is 5.86. The first-order valence-electron chi connectivity index (χ1n) is 7.38. The van der Waals surface area contributed by atoms with Crippen molar-refractivity contribution in [2.75, 3.05) is 7.05 Å². The fourth-order valence-corrected chi connectivity index (χ4v) is 2.47. The van der Waals surface area contributed by atoms with Crippen LogP contribution in [0.2, 0.25) is 0 Å². The number of hydrogen-bond acceptors (Lipinski definition) is 2. The number of nitrogens with zero attached hydrogens (tertiary/aromatic N) is 1. The van der Waals surface area contributed by atoms with E-state index in [9.17, 15) is 4.79 Å². The Morgan fingerprint density at radius 1 is 1.09 bits per heavy atom. The second-order valence-corrected chi connectivity index (χ2v) is 5.64. The predicted molar refractivity (Wildman–Crippen MR) is 87.9 cm³/mol. The Balaban J connectivity index is 1.85. The molecule has 1 atom stereocenters. The van der Waals surface area contributed by atoms with Gasteiger partial charge in [-0.3, -0.25) is 4.79 Å². The average molecular weight is 293 g/mol. The summed E-state index contributed by atoms with van der Waals surface area (Å²) in [7, 11) is 1.81. The van der Waals surface area contributed by atoms with Crippen molar-refractivity contribution in [3.8, 4) is 0 Å². The van der Waals surface area contributed by atoms with Crippen LogP contribution in [-0.2, 0) is 0 Å². The Hall–Kier alpha value is -2.55. The van der Waals surface area contributed by atoms with Crippen molar-refractivity contribution < 1.29 is 9.21 Å². The molecular weight excluding hydrogens is 274 g/mol. The third kappa shape index (κ3) is 2.62. The van der Waals surface area contributed by atoms with Gasteiger partial charge in [0, 0.05) is 18.0 Å². The molecule has 2 aromatic carbocycles. The molecule has 0 saturated heterocycles. The smallest absolute Gasteiger partial charge is 0.254 e. The number of amides is 1. The number of carbonyl (C=O) groups excluding carboxylic acids is 1. The number of aryl methyl sites for hydroxylation is 1. The van der Waals surface area contributed by atoms with E-state index < -0.39 is 0 Å². The second kappa shape index (κ2) is 5.68. The fourth-order valence-electron chi connectivity index (χ4n) is 2.47. The van der Waals surface area contributed by atoms with Gasteiger partial charge in [0.25, 0.3) is 5.91 Å². The van der Waals surface area contributed by atoms with Crippen LogP contribution < -0.4 is 0 Å². The molecule has 0 radical (unpaired) electrons. The molecule has 22 heavy (non-hydrogen) atoms. The maximum absolute atomic E-state index is 12.6. The third-order valence-electron chi connectivity index (χ3n) is 4.06. The number of hydrogen-bond donors (Lipinski definition) is 0. The van der Waals surface area contributed by atoms with Crippen molar-refractivity contribution in [2.45, 2.75) is 19.9 Å². The normalized spacial score (nSPS) is 12.3. The number of fused-ring (bicyclic) bond motifs is 1. The van der Waals surface area contributed by atoms with Gasteiger partial charge < -0.3 is 9.32 Å². The van der Waals surface area contributed by atoms with Crippen LogP contribution in [0.15, 0.2) is 59.0 Å². The zero-order valence-electron chi connectivity index (χ0n) is 13.0. The summed E-state index contributed by atoms with van der Waals surface area (Å²) in [6, 6.07) is 17.4. The molecule has 0 fully saturated rings. The van der Waals surface area contributed by atoms with Gasteiger partial charge in [0.05, 0.1) is 6.04 Å². The molecule has 3 nitrogen and oxygen atoms in total. The molecule has 1 unspecified atom stereocenters. The Labute approximate surface area is 130 Å². The van der Waals surface area contributed by atoms with Gasteiger partial charge in [-0.1, -0.05) is 35.9 Å². The predicted octanol–water partition coefficient (Wildman–Crippen LogP) is 4.57. The minimum Gasteiger partial charge on any atom is -0.459 e. The lowest BCUT2D eigenvalue weighted by Crippen LogP contribution is -2.29. The number of furan rings is 1. The standard InChI is InChI=1S/C19H19NO2/c1-13-8-10-15(11-9-13)19(21)20(3)14(2)18-12-16-6-4-5-7-17(16)22-18/h4-12,14H,1-3H3. The maximum atomic E-state index is 12.6. The Kier molecular flexibility index (Phi) is 3.72. The summed E-state index contributed by atoms with van der Waals surface area (Å²) in [5.41, 5.74) is 2.68. The van der Waals surface area contributed by atoms with Gasteiger partial charge in [0.15, 0.2) is 0 Å². The number of para-hydroxylation sites is 1. The van der Waals surface area contributed by atoms with E-state index in [0.717, 1.165) is 22.3 Å². The molecule has 0 aliphatic carbocycles. The minimum atomic E-state index is -0.124. The molecule has 3 heteroatoms. The van der Waals surface area contributed by atoms with E-state index >= 15 is 0 Å². The highest BCUT2D eigenvalue weighted by atomic mass is 16.3. The van der Waals surface area contributed by atoms with E-state index in [2.05, 4.69) is 0 Å². The lowest BCUT2D eigenvalue weighted by Gasteiger charge is -2.23. The van der Waals surface area contributed by atoms with Gasteiger partial charge in [-0.25, -0.2) is 0 Å². The van der Waals surface area contributed by atoms with Gasteiger partial charge in [-0.2, -0.15) is 0 Å². The molecule has 0 saturated carbocycles. The van der Waals surface area contributed by atoms with E-state index in [-0.39, 0.29) is 11.9 Å². The van der Waals surface area contributed by atoms with E-state index in [1.54, 1.807) is 11.9 Å². The number of rotatable bonds is 3. The largest absolute Gasteiger partial charge is 0.459 e. The Bertz CT molecular complexity index is 769. The van der Waals surface area contributed by atoms with E-state index in [0.29, 0.717) is 5.56 Å². The van der Waals surface area contributed by atoms with Crippen molar-refractivity contribution in [2.24, 2.45) is 0 Å². The molecule has 0 N–H and O–H groups in total. The molecule has 0 bridgehead atoms. The van der Waals surface area contributed by atoms with Crippen LogP contribution in [0.3, 0.4) is 0 Å². The van der Waals surface area contributed by atoms with Gasteiger partial charge in [0.2, 0.25) is 0 Å². The van der Waals surface area contributed by atoms with E-state index in [4.69, 9.17) is 4.42 Å². The van der Waals surface area contributed by atoms with E-state index in [1.165, 1.54) is 0 Å². The van der Waals surface area contributed by atoms with E-state index in [1.807, 2.05) is 68.4 Å². The molecule has 1 aromatic heterocycles. The average Bonchev–Trinajstić information content (AvgIpc) is 2.97. The quantitative estimate of drug-likeness (QED) is 0.708. The lowest BCUT2D eigenvalue weighted by molar-refractivity contribution is 0.0727. The molecule has 3 aromatic rings. The zero-order chi connectivity index (χ0) is 15.7. The number of benzene rings is 2. The number of carbonyl (C=O) groups is 1. The maximum Gasteiger partial charge on any atom is 0.254 e. The Morgan fingerprint density at radius 2 is 1.77 bits per heavy atom. The monoisotopic (exact) mass is 293 g/mol. The molecule has 112 valence electrons.